The Labute approximate surface area is 139 Å². The van der Waals surface area contributed by atoms with Crippen LogP contribution in [0.2, 0.25) is 10.0 Å². The molecular weight excluding hydrogens is 375 g/mol. The minimum atomic E-state index is -4.10. The van der Waals surface area contributed by atoms with Gasteiger partial charge in [0.15, 0.2) is 5.84 Å². The monoisotopic (exact) mass is 382 g/mol. The Morgan fingerprint density at radius 1 is 1.32 bits per heavy atom. The number of hydrogen-bond acceptors (Lipinski definition) is 6. The van der Waals surface area contributed by atoms with Crippen molar-refractivity contribution in [1.82, 2.24) is 5.32 Å². The maximum Gasteiger partial charge on any atom is 0.325 e. The fourth-order valence-corrected chi connectivity index (χ4v) is 3.37. The summed E-state index contributed by atoms with van der Waals surface area (Å²) < 4.78 is 24.3. The SMILES string of the molecule is NS(=O)(=O)C1SN=C(NC(=O)Nc2cccc(Cl)c2Cl)C1=O. The summed E-state index contributed by atoms with van der Waals surface area (Å²) in [6.07, 6.45) is 0. The van der Waals surface area contributed by atoms with Crippen LogP contribution in [0.5, 0.6) is 0 Å². The zero-order chi connectivity index (χ0) is 16.5. The maximum atomic E-state index is 11.8. The van der Waals surface area contributed by atoms with Crippen LogP contribution >= 0.6 is 35.1 Å². The largest absolute Gasteiger partial charge is 0.325 e. The van der Waals surface area contributed by atoms with Gasteiger partial charge in [0.2, 0.25) is 20.4 Å². The minimum Gasteiger partial charge on any atom is -0.306 e. The van der Waals surface area contributed by atoms with Crippen molar-refractivity contribution in [3.8, 4) is 0 Å². The summed E-state index contributed by atoms with van der Waals surface area (Å²) in [5.41, 5.74) is 0.216. The Bertz CT molecular complexity index is 781. The van der Waals surface area contributed by atoms with Crippen LogP contribution in [0.25, 0.3) is 0 Å². The molecule has 4 N–H and O–H groups in total. The molecular formula is C10H8Cl2N4O4S2. The minimum absolute atomic E-state index is 0.121. The first-order chi connectivity index (χ1) is 10.2. The second-order valence-electron chi connectivity index (χ2n) is 4.01. The normalized spacial score (nSPS) is 18.0. The van der Waals surface area contributed by atoms with Gasteiger partial charge in [0.25, 0.3) is 0 Å². The highest BCUT2D eigenvalue weighted by Gasteiger charge is 2.39. The molecule has 0 saturated carbocycles. The number of halogens is 2. The third-order valence-corrected chi connectivity index (χ3v) is 5.80. The molecule has 1 aromatic carbocycles. The molecule has 8 nitrogen and oxygen atoms in total. The highest BCUT2D eigenvalue weighted by Crippen LogP contribution is 2.29. The average Bonchev–Trinajstić information content (AvgIpc) is 2.76. The number of Topliss-reactive ketones (excluding diaryl/α,β-unsaturated/α-hetero) is 1. The number of anilines is 1. The highest BCUT2D eigenvalue weighted by molar-refractivity contribution is 8.13. The van der Waals surface area contributed by atoms with Crippen LogP contribution in [0, 0.1) is 0 Å². The fraction of sp³-hybridized carbons (Fsp3) is 0.100. The number of benzene rings is 1. The van der Waals surface area contributed by atoms with Gasteiger partial charge in [-0.2, -0.15) is 4.40 Å². The molecule has 0 spiro atoms. The number of carbonyl (C=O) groups is 2. The summed E-state index contributed by atoms with van der Waals surface area (Å²) in [6, 6.07) is 3.76. The van der Waals surface area contributed by atoms with E-state index in [1.807, 2.05) is 0 Å². The predicted molar refractivity (Wildman–Crippen MR) is 85.5 cm³/mol. The Hall–Kier alpha value is -1.33. The van der Waals surface area contributed by atoms with E-state index >= 15 is 0 Å². The van der Waals surface area contributed by atoms with Crippen LogP contribution in [0.4, 0.5) is 10.5 Å². The van der Waals surface area contributed by atoms with E-state index in [-0.39, 0.29) is 15.7 Å². The van der Waals surface area contributed by atoms with Gasteiger partial charge in [-0.25, -0.2) is 18.4 Å². The molecule has 2 amide bonds. The summed E-state index contributed by atoms with van der Waals surface area (Å²) in [6.45, 7) is 0. The average molecular weight is 383 g/mol. The lowest BCUT2D eigenvalue weighted by Gasteiger charge is -2.09. The molecule has 1 heterocycles. The van der Waals surface area contributed by atoms with Gasteiger partial charge in [0.05, 0.1) is 15.7 Å². The molecule has 0 fully saturated rings. The summed E-state index contributed by atoms with van der Waals surface area (Å²) in [5.74, 6) is -1.32. The molecule has 0 saturated heterocycles. The summed E-state index contributed by atoms with van der Waals surface area (Å²) in [4.78, 5) is 23.5. The van der Waals surface area contributed by atoms with Crippen LogP contribution in [0.15, 0.2) is 22.6 Å². The molecule has 1 aliphatic rings. The summed E-state index contributed by atoms with van der Waals surface area (Å²) in [7, 11) is -4.10. The zero-order valence-corrected chi connectivity index (χ0v) is 13.7. The van der Waals surface area contributed by atoms with E-state index in [2.05, 4.69) is 15.0 Å². The Morgan fingerprint density at radius 2 is 2.00 bits per heavy atom. The second kappa shape index (κ2) is 6.42. The number of sulfonamides is 1. The van der Waals surface area contributed by atoms with Gasteiger partial charge >= 0.3 is 6.03 Å². The van der Waals surface area contributed by atoms with Crippen molar-refractivity contribution in [3.63, 3.8) is 0 Å². The van der Waals surface area contributed by atoms with Crippen molar-refractivity contribution in [2.45, 2.75) is 4.58 Å². The van der Waals surface area contributed by atoms with Crippen molar-refractivity contribution in [3.05, 3.63) is 28.2 Å². The lowest BCUT2D eigenvalue weighted by Crippen LogP contribution is -2.42. The second-order valence-corrected chi connectivity index (χ2v) is 7.61. The van der Waals surface area contributed by atoms with Gasteiger partial charge < -0.3 is 5.32 Å². The van der Waals surface area contributed by atoms with E-state index in [0.29, 0.717) is 11.9 Å². The Morgan fingerprint density at radius 3 is 2.59 bits per heavy atom. The number of urea groups is 1. The third kappa shape index (κ3) is 3.70. The highest BCUT2D eigenvalue weighted by atomic mass is 35.5. The van der Waals surface area contributed by atoms with Crippen LogP contribution in [-0.2, 0) is 14.8 Å². The number of primary sulfonamides is 1. The molecule has 22 heavy (non-hydrogen) atoms. The summed E-state index contributed by atoms with van der Waals surface area (Å²) >= 11 is 12.1. The first-order valence-corrected chi connectivity index (χ1v) is 8.72. The first-order valence-electron chi connectivity index (χ1n) is 5.52. The molecule has 1 unspecified atom stereocenters. The van der Waals surface area contributed by atoms with Crippen molar-refractivity contribution < 1.29 is 18.0 Å². The molecule has 0 radical (unpaired) electrons. The van der Waals surface area contributed by atoms with Crippen LogP contribution in [0.1, 0.15) is 0 Å². The van der Waals surface area contributed by atoms with Gasteiger partial charge in [0.1, 0.15) is 0 Å². The number of ketones is 1. The van der Waals surface area contributed by atoms with Gasteiger partial charge in [-0.05, 0) is 12.1 Å². The number of rotatable bonds is 2. The number of carbonyl (C=O) groups excluding carboxylic acids is 2. The lowest BCUT2D eigenvalue weighted by atomic mass is 10.3. The van der Waals surface area contributed by atoms with E-state index in [9.17, 15) is 18.0 Å². The van der Waals surface area contributed by atoms with Crippen LogP contribution in [0.3, 0.4) is 0 Å². The maximum absolute atomic E-state index is 11.8. The van der Waals surface area contributed by atoms with E-state index in [4.69, 9.17) is 28.3 Å². The number of nitrogens with zero attached hydrogens (tertiary/aromatic N) is 1. The molecule has 1 aromatic rings. The fourth-order valence-electron chi connectivity index (χ4n) is 1.46. The van der Waals surface area contributed by atoms with Crippen molar-refractivity contribution in [2.75, 3.05) is 5.32 Å². The standard InChI is InChI=1S/C10H8Cl2N4O4S2/c11-4-2-1-3-5(6(4)12)14-10(18)15-8-7(17)9(21-16-8)22(13,19)20/h1-3,9H,(H2,13,19,20)(H2,14,15,16,18). The Balaban J connectivity index is 2.05. The van der Waals surface area contributed by atoms with Crippen molar-refractivity contribution >= 4 is 68.5 Å². The number of nitrogens with two attached hydrogens (primary N) is 1. The quantitative estimate of drug-likeness (QED) is 0.664. The van der Waals surface area contributed by atoms with Gasteiger partial charge in [-0.1, -0.05) is 29.3 Å². The molecule has 1 aliphatic heterocycles. The summed E-state index contributed by atoms with van der Waals surface area (Å²) in [5, 5.41) is 9.73. The third-order valence-electron chi connectivity index (χ3n) is 2.42. The molecule has 0 aromatic heterocycles. The smallest absolute Gasteiger partial charge is 0.306 e. The van der Waals surface area contributed by atoms with Crippen molar-refractivity contribution in [1.29, 1.82) is 0 Å². The number of amidine groups is 1. The molecule has 2 rings (SSSR count). The van der Waals surface area contributed by atoms with E-state index < -0.39 is 32.3 Å². The van der Waals surface area contributed by atoms with Crippen LogP contribution < -0.4 is 15.8 Å². The van der Waals surface area contributed by atoms with E-state index in [0.717, 1.165) is 0 Å². The topological polar surface area (TPSA) is 131 Å². The number of amides is 2. The molecule has 118 valence electrons. The van der Waals surface area contributed by atoms with Gasteiger partial charge in [-0.3, -0.25) is 10.1 Å². The molecule has 0 aliphatic carbocycles. The van der Waals surface area contributed by atoms with Crippen LogP contribution in [-0.4, -0.2) is 30.6 Å². The number of hydrogen-bond donors (Lipinski definition) is 3. The molecule has 1 atom stereocenters. The lowest BCUT2D eigenvalue weighted by molar-refractivity contribution is -0.111. The predicted octanol–water partition coefficient (Wildman–Crippen LogP) is 1.36. The van der Waals surface area contributed by atoms with E-state index in [1.54, 1.807) is 6.07 Å². The van der Waals surface area contributed by atoms with Crippen molar-refractivity contribution in [2.24, 2.45) is 9.54 Å². The molecule has 12 heteroatoms. The first kappa shape index (κ1) is 17.0. The van der Waals surface area contributed by atoms with Gasteiger partial charge in [-0.15, -0.1) is 0 Å². The van der Waals surface area contributed by atoms with Gasteiger partial charge in [0, 0.05) is 11.9 Å². The Kier molecular flexibility index (Phi) is 4.97. The molecule has 0 bridgehead atoms. The number of nitrogens with one attached hydrogen (secondary N) is 2. The zero-order valence-electron chi connectivity index (χ0n) is 10.5. The van der Waals surface area contributed by atoms with E-state index in [1.165, 1.54) is 12.1 Å².